The van der Waals surface area contributed by atoms with Gasteiger partial charge in [-0.15, -0.1) is 0 Å². The predicted octanol–water partition coefficient (Wildman–Crippen LogP) is 0.750. The lowest BCUT2D eigenvalue weighted by atomic mass is 9.96. The highest BCUT2D eigenvalue weighted by Gasteiger charge is 2.13. The van der Waals surface area contributed by atoms with Gasteiger partial charge >= 0.3 is 0 Å². The third kappa shape index (κ3) is 6.14. The summed E-state index contributed by atoms with van der Waals surface area (Å²) in [4.78, 5) is 15.3. The maximum Gasteiger partial charge on any atom is 0.241 e. The Balaban J connectivity index is 2.21. The molecule has 5 heteroatoms. The van der Waals surface area contributed by atoms with E-state index in [-0.39, 0.29) is 12.5 Å². The monoisotopic (exact) mass is 240 g/mol. The SMILES string of the molecule is CCCNC(=O)CN=C(N)NC1CCCCC1. The zero-order valence-electron chi connectivity index (χ0n) is 10.7. The number of nitrogens with zero attached hydrogens (tertiary/aromatic N) is 1. The molecule has 0 aromatic heterocycles. The van der Waals surface area contributed by atoms with E-state index in [0.29, 0.717) is 18.5 Å². The Hall–Kier alpha value is -1.26. The molecule has 1 amide bonds. The minimum Gasteiger partial charge on any atom is -0.370 e. The van der Waals surface area contributed by atoms with Gasteiger partial charge in [0, 0.05) is 12.6 Å². The van der Waals surface area contributed by atoms with Gasteiger partial charge in [-0.2, -0.15) is 0 Å². The van der Waals surface area contributed by atoms with Gasteiger partial charge in [0.25, 0.3) is 0 Å². The molecular formula is C12H24N4O. The van der Waals surface area contributed by atoms with Crippen molar-refractivity contribution in [1.82, 2.24) is 10.6 Å². The van der Waals surface area contributed by atoms with Gasteiger partial charge in [-0.3, -0.25) is 4.79 Å². The second-order valence-electron chi connectivity index (χ2n) is 4.53. The Bertz CT molecular complexity index is 259. The van der Waals surface area contributed by atoms with Gasteiger partial charge in [-0.25, -0.2) is 4.99 Å². The van der Waals surface area contributed by atoms with E-state index in [1.54, 1.807) is 0 Å². The fraction of sp³-hybridized carbons (Fsp3) is 0.833. The standard InChI is InChI=1S/C12H24N4O/c1-2-8-14-11(17)9-15-12(13)16-10-6-4-3-5-7-10/h10H,2-9H2,1H3,(H,14,17)(H3,13,15,16). The number of hydrogen-bond donors (Lipinski definition) is 3. The molecule has 0 aromatic rings. The minimum absolute atomic E-state index is 0.0692. The number of aliphatic imine (C=N–C) groups is 1. The highest BCUT2D eigenvalue weighted by Crippen LogP contribution is 2.16. The molecule has 1 aliphatic rings. The van der Waals surface area contributed by atoms with Crippen LogP contribution in [0.25, 0.3) is 0 Å². The first-order valence-electron chi connectivity index (χ1n) is 6.55. The number of nitrogens with one attached hydrogen (secondary N) is 2. The topological polar surface area (TPSA) is 79.5 Å². The fourth-order valence-corrected chi connectivity index (χ4v) is 1.98. The van der Waals surface area contributed by atoms with E-state index in [9.17, 15) is 4.79 Å². The summed E-state index contributed by atoms with van der Waals surface area (Å²) in [5.74, 6) is 0.323. The summed E-state index contributed by atoms with van der Waals surface area (Å²) in [6.07, 6.45) is 7.06. The smallest absolute Gasteiger partial charge is 0.241 e. The molecule has 0 heterocycles. The number of amides is 1. The highest BCUT2D eigenvalue weighted by atomic mass is 16.1. The van der Waals surface area contributed by atoms with Crippen LogP contribution in [0.1, 0.15) is 45.4 Å². The molecule has 0 spiro atoms. The van der Waals surface area contributed by atoms with Crippen LogP contribution in [-0.2, 0) is 4.79 Å². The van der Waals surface area contributed by atoms with Gasteiger partial charge in [0.15, 0.2) is 5.96 Å². The van der Waals surface area contributed by atoms with Crippen molar-refractivity contribution in [3.63, 3.8) is 0 Å². The molecule has 1 saturated carbocycles. The Morgan fingerprint density at radius 2 is 2.06 bits per heavy atom. The van der Waals surface area contributed by atoms with Crippen molar-refractivity contribution in [2.75, 3.05) is 13.1 Å². The molecule has 17 heavy (non-hydrogen) atoms. The van der Waals surface area contributed by atoms with Crippen molar-refractivity contribution < 1.29 is 4.79 Å². The van der Waals surface area contributed by atoms with E-state index in [1.807, 2.05) is 6.92 Å². The van der Waals surface area contributed by atoms with Crippen molar-refractivity contribution in [2.45, 2.75) is 51.5 Å². The van der Waals surface area contributed by atoms with Crippen LogP contribution in [0.2, 0.25) is 0 Å². The van der Waals surface area contributed by atoms with Crippen LogP contribution in [0.5, 0.6) is 0 Å². The van der Waals surface area contributed by atoms with Gasteiger partial charge in [-0.1, -0.05) is 26.2 Å². The first-order valence-corrected chi connectivity index (χ1v) is 6.55. The van der Waals surface area contributed by atoms with Crippen molar-refractivity contribution in [3.05, 3.63) is 0 Å². The van der Waals surface area contributed by atoms with Crippen LogP contribution in [0, 0.1) is 0 Å². The second-order valence-corrected chi connectivity index (χ2v) is 4.53. The van der Waals surface area contributed by atoms with Gasteiger partial charge in [0.1, 0.15) is 6.54 Å². The van der Waals surface area contributed by atoms with Crippen molar-refractivity contribution >= 4 is 11.9 Å². The van der Waals surface area contributed by atoms with Gasteiger partial charge < -0.3 is 16.4 Å². The minimum atomic E-state index is -0.0692. The molecule has 0 radical (unpaired) electrons. The Kier molecular flexibility index (Phi) is 6.43. The van der Waals surface area contributed by atoms with E-state index in [4.69, 9.17) is 5.73 Å². The summed E-state index contributed by atoms with van der Waals surface area (Å²) in [5, 5.41) is 5.94. The number of guanidine groups is 1. The second kappa shape index (κ2) is 7.92. The maximum absolute atomic E-state index is 11.3. The molecule has 0 aromatic carbocycles. The molecule has 1 rings (SSSR count). The lowest BCUT2D eigenvalue weighted by Gasteiger charge is -2.23. The molecule has 0 unspecified atom stereocenters. The molecule has 1 fully saturated rings. The molecule has 0 atom stereocenters. The summed E-state index contributed by atoms with van der Waals surface area (Å²) in [5.41, 5.74) is 5.74. The largest absolute Gasteiger partial charge is 0.370 e. The normalized spacial score (nSPS) is 17.8. The van der Waals surface area contributed by atoms with Crippen LogP contribution in [-0.4, -0.2) is 31.0 Å². The average Bonchev–Trinajstić information content (AvgIpc) is 2.35. The lowest BCUT2D eigenvalue weighted by Crippen LogP contribution is -2.41. The van der Waals surface area contributed by atoms with Crippen LogP contribution in [0.4, 0.5) is 0 Å². The first kappa shape index (κ1) is 13.8. The summed E-state index contributed by atoms with van der Waals surface area (Å²) < 4.78 is 0. The number of carbonyl (C=O) groups is 1. The van der Waals surface area contributed by atoms with Crippen molar-refractivity contribution in [3.8, 4) is 0 Å². The first-order chi connectivity index (χ1) is 8.22. The zero-order valence-corrected chi connectivity index (χ0v) is 10.7. The quantitative estimate of drug-likeness (QED) is 0.490. The van der Waals surface area contributed by atoms with E-state index < -0.39 is 0 Å². The highest BCUT2D eigenvalue weighted by molar-refractivity contribution is 5.84. The number of rotatable bonds is 5. The van der Waals surface area contributed by atoms with Crippen LogP contribution in [0.15, 0.2) is 4.99 Å². The van der Waals surface area contributed by atoms with E-state index in [2.05, 4.69) is 15.6 Å². The van der Waals surface area contributed by atoms with Crippen molar-refractivity contribution in [2.24, 2.45) is 10.7 Å². The molecule has 0 bridgehead atoms. The summed E-state index contributed by atoms with van der Waals surface area (Å²) >= 11 is 0. The Morgan fingerprint density at radius 1 is 1.35 bits per heavy atom. The summed E-state index contributed by atoms with van der Waals surface area (Å²) in [6, 6.07) is 0.436. The maximum atomic E-state index is 11.3. The Labute approximate surface area is 103 Å². The van der Waals surface area contributed by atoms with Gasteiger partial charge in [0.05, 0.1) is 0 Å². The molecule has 98 valence electrons. The molecule has 1 aliphatic carbocycles. The zero-order chi connectivity index (χ0) is 12.5. The summed E-state index contributed by atoms with van der Waals surface area (Å²) in [7, 11) is 0. The fourth-order valence-electron chi connectivity index (χ4n) is 1.98. The van der Waals surface area contributed by atoms with E-state index in [0.717, 1.165) is 19.3 Å². The van der Waals surface area contributed by atoms with Crippen LogP contribution in [0.3, 0.4) is 0 Å². The van der Waals surface area contributed by atoms with E-state index >= 15 is 0 Å². The predicted molar refractivity (Wildman–Crippen MR) is 69.8 cm³/mol. The molecule has 4 N–H and O–H groups in total. The summed E-state index contributed by atoms with van der Waals surface area (Å²) in [6.45, 7) is 2.83. The number of carbonyl (C=O) groups excluding carboxylic acids is 1. The third-order valence-corrected chi connectivity index (χ3v) is 2.92. The molecule has 0 saturated heterocycles. The molecule has 0 aliphatic heterocycles. The molecule has 5 nitrogen and oxygen atoms in total. The van der Waals surface area contributed by atoms with Crippen LogP contribution < -0.4 is 16.4 Å². The van der Waals surface area contributed by atoms with Gasteiger partial charge in [-0.05, 0) is 19.3 Å². The molecular weight excluding hydrogens is 216 g/mol. The number of hydrogen-bond acceptors (Lipinski definition) is 2. The number of nitrogens with two attached hydrogens (primary N) is 1. The van der Waals surface area contributed by atoms with Crippen LogP contribution >= 0.6 is 0 Å². The van der Waals surface area contributed by atoms with Crippen molar-refractivity contribution in [1.29, 1.82) is 0 Å². The third-order valence-electron chi connectivity index (χ3n) is 2.92. The van der Waals surface area contributed by atoms with E-state index in [1.165, 1.54) is 19.3 Å². The lowest BCUT2D eigenvalue weighted by molar-refractivity contribution is -0.119. The van der Waals surface area contributed by atoms with Gasteiger partial charge in [0.2, 0.25) is 5.91 Å². The average molecular weight is 240 g/mol. The Morgan fingerprint density at radius 3 is 2.71 bits per heavy atom.